The molecule has 0 aliphatic heterocycles. The van der Waals surface area contributed by atoms with Crippen molar-refractivity contribution in [3.05, 3.63) is 84.6 Å². The van der Waals surface area contributed by atoms with Crippen molar-refractivity contribution in [3.8, 4) is 5.75 Å². The molecule has 1 heterocycles. The van der Waals surface area contributed by atoms with E-state index < -0.39 is 6.09 Å². The zero-order chi connectivity index (χ0) is 19.9. The van der Waals surface area contributed by atoms with E-state index in [0.29, 0.717) is 23.7 Å². The fourth-order valence-electron chi connectivity index (χ4n) is 2.67. The molecular weight excluding hydrogens is 354 g/mol. The van der Waals surface area contributed by atoms with Gasteiger partial charge in [0.15, 0.2) is 0 Å². The van der Waals surface area contributed by atoms with Crippen LogP contribution in [0.3, 0.4) is 0 Å². The number of rotatable bonds is 5. The Morgan fingerprint density at radius 2 is 1.61 bits per heavy atom. The zero-order valence-electron chi connectivity index (χ0n) is 15.8. The highest BCUT2D eigenvalue weighted by atomic mass is 16.6. The van der Waals surface area contributed by atoms with Crippen molar-refractivity contribution in [2.45, 2.75) is 6.92 Å². The number of amides is 2. The third-order valence-corrected chi connectivity index (χ3v) is 4.21. The maximum Gasteiger partial charge on any atom is 0.419 e. The van der Waals surface area contributed by atoms with Gasteiger partial charge < -0.3 is 4.74 Å². The average Bonchev–Trinajstić information content (AvgIpc) is 2.75. The maximum atomic E-state index is 12.8. The van der Waals surface area contributed by atoms with Crippen molar-refractivity contribution < 1.29 is 14.3 Å². The Kier molecular flexibility index (Phi) is 6.01. The fraction of sp³-hybridized carbons (Fsp3) is 0.136. The van der Waals surface area contributed by atoms with Crippen LogP contribution < -0.4 is 14.5 Å². The molecule has 0 atom stereocenters. The van der Waals surface area contributed by atoms with Gasteiger partial charge in [0.2, 0.25) is 0 Å². The molecule has 0 fully saturated rings. The predicted molar refractivity (Wildman–Crippen MR) is 109 cm³/mol. The van der Waals surface area contributed by atoms with Crippen LogP contribution in [-0.4, -0.2) is 30.6 Å². The Bertz CT molecular complexity index is 928. The van der Waals surface area contributed by atoms with Crippen LogP contribution >= 0.6 is 0 Å². The Balaban J connectivity index is 1.69. The van der Waals surface area contributed by atoms with Crippen molar-refractivity contribution in [2.24, 2.45) is 0 Å². The van der Waals surface area contributed by atoms with Crippen LogP contribution in [0.2, 0.25) is 0 Å². The first-order valence-electron chi connectivity index (χ1n) is 8.93. The Morgan fingerprint density at radius 3 is 2.21 bits per heavy atom. The summed E-state index contributed by atoms with van der Waals surface area (Å²) >= 11 is 0. The number of hydrogen-bond acceptors (Lipinski definition) is 4. The van der Waals surface area contributed by atoms with Gasteiger partial charge in [0, 0.05) is 31.0 Å². The molecule has 0 bridgehead atoms. The molecule has 0 spiro atoms. The summed E-state index contributed by atoms with van der Waals surface area (Å²) in [6.45, 7) is 2.39. The molecule has 0 radical (unpaired) electrons. The van der Waals surface area contributed by atoms with Gasteiger partial charge in [-0.05, 0) is 55.5 Å². The topological polar surface area (TPSA) is 62.7 Å². The smallest absolute Gasteiger partial charge is 0.410 e. The molecule has 28 heavy (non-hydrogen) atoms. The van der Waals surface area contributed by atoms with Crippen LogP contribution in [0.4, 0.5) is 16.3 Å². The van der Waals surface area contributed by atoms with Gasteiger partial charge in [-0.1, -0.05) is 24.3 Å². The highest BCUT2D eigenvalue weighted by Crippen LogP contribution is 2.19. The van der Waals surface area contributed by atoms with E-state index in [9.17, 15) is 9.59 Å². The Morgan fingerprint density at radius 1 is 0.929 bits per heavy atom. The van der Waals surface area contributed by atoms with E-state index in [1.54, 1.807) is 54.5 Å². The van der Waals surface area contributed by atoms with Gasteiger partial charge in [-0.2, -0.15) is 0 Å². The van der Waals surface area contributed by atoms with E-state index in [1.165, 1.54) is 4.90 Å². The average molecular weight is 375 g/mol. The van der Waals surface area contributed by atoms with Crippen LogP contribution in [0.1, 0.15) is 17.3 Å². The molecule has 6 heteroatoms. The molecule has 0 aliphatic carbocycles. The second-order valence-corrected chi connectivity index (χ2v) is 6.02. The summed E-state index contributed by atoms with van der Waals surface area (Å²) in [6, 6.07) is 21.1. The first-order valence-corrected chi connectivity index (χ1v) is 8.93. The minimum absolute atomic E-state index is 0.166. The van der Waals surface area contributed by atoms with E-state index in [1.807, 2.05) is 43.3 Å². The largest absolute Gasteiger partial charge is 0.419 e. The quantitative estimate of drug-likeness (QED) is 0.664. The monoisotopic (exact) mass is 375 g/mol. The van der Waals surface area contributed by atoms with E-state index >= 15 is 0 Å². The van der Waals surface area contributed by atoms with Crippen LogP contribution in [0.5, 0.6) is 5.75 Å². The molecule has 0 saturated carbocycles. The van der Waals surface area contributed by atoms with Crippen molar-refractivity contribution in [1.82, 2.24) is 4.98 Å². The lowest BCUT2D eigenvalue weighted by Crippen LogP contribution is -2.31. The van der Waals surface area contributed by atoms with E-state index in [0.717, 1.165) is 5.69 Å². The summed E-state index contributed by atoms with van der Waals surface area (Å²) in [7, 11) is 1.64. The summed E-state index contributed by atoms with van der Waals surface area (Å²) in [4.78, 5) is 32.3. The lowest BCUT2D eigenvalue weighted by molar-refractivity contribution is 0.0987. The molecule has 0 unspecified atom stereocenters. The van der Waals surface area contributed by atoms with Crippen molar-refractivity contribution >= 4 is 23.5 Å². The minimum Gasteiger partial charge on any atom is -0.410 e. The number of para-hydroxylation sites is 1. The van der Waals surface area contributed by atoms with Gasteiger partial charge in [0.1, 0.15) is 11.6 Å². The molecular formula is C22H21N3O3. The third kappa shape index (κ3) is 4.35. The molecule has 2 amide bonds. The van der Waals surface area contributed by atoms with Crippen LogP contribution in [0.15, 0.2) is 79.0 Å². The standard InChI is InChI=1S/C22H21N3O3/c1-3-25(20-11-7-8-16-23-20)21(26)17-12-14-19(15-13-17)28-22(27)24(2)18-9-5-4-6-10-18/h4-16H,3H2,1-2H3. The van der Waals surface area contributed by atoms with Gasteiger partial charge in [-0.15, -0.1) is 0 Å². The number of carbonyl (C=O) groups is 2. The van der Waals surface area contributed by atoms with E-state index in [-0.39, 0.29) is 5.91 Å². The number of ether oxygens (including phenoxy) is 1. The predicted octanol–water partition coefficient (Wildman–Crippen LogP) is 4.38. The van der Waals surface area contributed by atoms with Crippen LogP contribution in [-0.2, 0) is 0 Å². The normalized spacial score (nSPS) is 10.2. The number of nitrogens with zero attached hydrogens (tertiary/aromatic N) is 3. The van der Waals surface area contributed by atoms with Crippen LogP contribution in [0, 0.1) is 0 Å². The fourth-order valence-corrected chi connectivity index (χ4v) is 2.67. The van der Waals surface area contributed by atoms with E-state index in [2.05, 4.69) is 4.98 Å². The van der Waals surface area contributed by atoms with E-state index in [4.69, 9.17) is 4.74 Å². The number of carbonyl (C=O) groups excluding carboxylic acids is 2. The number of anilines is 2. The Hall–Kier alpha value is -3.67. The molecule has 2 aromatic carbocycles. The second kappa shape index (κ2) is 8.81. The van der Waals surface area contributed by atoms with Gasteiger partial charge >= 0.3 is 6.09 Å². The molecule has 1 aromatic heterocycles. The molecule has 0 N–H and O–H groups in total. The van der Waals surface area contributed by atoms with Gasteiger partial charge in [0.05, 0.1) is 0 Å². The molecule has 6 nitrogen and oxygen atoms in total. The van der Waals surface area contributed by atoms with Gasteiger partial charge in [-0.3, -0.25) is 14.6 Å². The maximum absolute atomic E-state index is 12.8. The summed E-state index contributed by atoms with van der Waals surface area (Å²) in [5.41, 5.74) is 1.22. The van der Waals surface area contributed by atoms with Gasteiger partial charge in [-0.25, -0.2) is 9.78 Å². The molecule has 0 aliphatic rings. The SMILES string of the molecule is CCN(C(=O)c1ccc(OC(=O)N(C)c2ccccc2)cc1)c1ccccn1. The summed E-state index contributed by atoms with van der Waals surface area (Å²) < 4.78 is 5.39. The first kappa shape index (κ1) is 19.1. The second-order valence-electron chi connectivity index (χ2n) is 6.02. The Labute approximate surface area is 164 Å². The van der Waals surface area contributed by atoms with Crippen LogP contribution in [0.25, 0.3) is 0 Å². The van der Waals surface area contributed by atoms with Gasteiger partial charge in [0.25, 0.3) is 5.91 Å². The summed E-state index contributed by atoms with van der Waals surface area (Å²) in [6.07, 6.45) is 1.14. The minimum atomic E-state index is -0.506. The summed E-state index contributed by atoms with van der Waals surface area (Å²) in [5.74, 6) is 0.792. The molecule has 3 rings (SSSR count). The molecule has 0 saturated heterocycles. The lowest BCUT2D eigenvalue weighted by Gasteiger charge is -2.20. The highest BCUT2D eigenvalue weighted by molar-refractivity contribution is 6.05. The number of aromatic nitrogens is 1. The molecule has 142 valence electrons. The first-order chi connectivity index (χ1) is 13.6. The van der Waals surface area contributed by atoms with Crippen molar-refractivity contribution in [3.63, 3.8) is 0 Å². The number of hydrogen-bond donors (Lipinski definition) is 0. The number of benzene rings is 2. The lowest BCUT2D eigenvalue weighted by atomic mass is 10.2. The third-order valence-electron chi connectivity index (χ3n) is 4.21. The van der Waals surface area contributed by atoms with Crippen molar-refractivity contribution in [1.29, 1.82) is 0 Å². The van der Waals surface area contributed by atoms with Crippen molar-refractivity contribution in [2.75, 3.05) is 23.4 Å². The number of pyridine rings is 1. The zero-order valence-corrected chi connectivity index (χ0v) is 15.8. The molecule has 3 aromatic rings. The highest BCUT2D eigenvalue weighted by Gasteiger charge is 2.18. The summed E-state index contributed by atoms with van der Waals surface area (Å²) in [5, 5.41) is 0.